The molecule has 0 saturated heterocycles. The molecule has 1 aromatic heterocycles. The minimum Gasteiger partial charge on any atom is -0.389 e. The molecule has 0 radical (unpaired) electrons. The average Bonchev–Trinajstić information content (AvgIpc) is 2.82. The Hall–Kier alpha value is -2.53. The maximum Gasteiger partial charge on any atom is 0.257 e. The Morgan fingerprint density at radius 1 is 1.30 bits per heavy atom. The summed E-state index contributed by atoms with van der Waals surface area (Å²) in [6.07, 6.45) is 7.07. The van der Waals surface area contributed by atoms with Gasteiger partial charge in [-0.05, 0) is 62.4 Å². The van der Waals surface area contributed by atoms with Gasteiger partial charge in [-0.1, -0.05) is 25.1 Å². The van der Waals surface area contributed by atoms with Gasteiger partial charge in [0, 0.05) is 12.1 Å². The van der Waals surface area contributed by atoms with Crippen molar-refractivity contribution in [3.8, 4) is 0 Å². The smallest absolute Gasteiger partial charge is 0.257 e. The van der Waals surface area contributed by atoms with E-state index in [2.05, 4.69) is 9.98 Å². The summed E-state index contributed by atoms with van der Waals surface area (Å²) in [6, 6.07) is 3.94. The standard InChI is InChI=1S/C22H28N2O3/c1-5-20-16(4)17(9-10-18(26)13-25)11-14(2)12-21-19(22(27)24-20)8-6-7-15(3)23-21/h6-8,11-12,15,25H,5,9-10,13H2,1-4H3,(H,24,27). The molecule has 0 saturated carbocycles. The molecule has 1 aromatic rings. The highest BCUT2D eigenvalue weighted by Crippen LogP contribution is 2.13. The number of aliphatic hydroxyl groups is 1. The molecule has 1 aliphatic rings. The lowest BCUT2D eigenvalue weighted by atomic mass is 10.0. The monoisotopic (exact) mass is 368 g/mol. The summed E-state index contributed by atoms with van der Waals surface area (Å²) in [5, 5.41) is 10.2. The molecule has 5 heteroatoms. The Morgan fingerprint density at radius 2 is 2.04 bits per heavy atom. The van der Waals surface area contributed by atoms with Gasteiger partial charge in [-0.15, -0.1) is 0 Å². The highest BCUT2D eigenvalue weighted by molar-refractivity contribution is 5.79. The van der Waals surface area contributed by atoms with Crippen LogP contribution in [-0.2, 0) is 17.6 Å². The Bertz CT molecular complexity index is 986. The molecular weight excluding hydrogens is 340 g/mol. The minimum absolute atomic E-state index is 0.0120. The van der Waals surface area contributed by atoms with E-state index in [1.807, 2.05) is 52.0 Å². The summed E-state index contributed by atoms with van der Waals surface area (Å²) in [6.45, 7) is 7.45. The highest BCUT2D eigenvalue weighted by Gasteiger charge is 2.07. The fourth-order valence-corrected chi connectivity index (χ4v) is 3.14. The molecule has 5 nitrogen and oxygen atoms in total. The summed E-state index contributed by atoms with van der Waals surface area (Å²) in [5.41, 5.74) is 3.56. The fraction of sp³-hybridized carbons (Fsp3) is 0.409. The lowest BCUT2D eigenvalue weighted by Crippen LogP contribution is -2.39. The van der Waals surface area contributed by atoms with Gasteiger partial charge in [0.25, 0.3) is 5.56 Å². The normalized spacial score (nSPS) is 15.1. The van der Waals surface area contributed by atoms with Crippen LogP contribution in [0.2, 0.25) is 0 Å². The van der Waals surface area contributed by atoms with Crippen LogP contribution in [0.4, 0.5) is 0 Å². The van der Waals surface area contributed by atoms with E-state index in [4.69, 9.17) is 5.11 Å². The van der Waals surface area contributed by atoms with Crippen LogP contribution in [0.25, 0.3) is 6.08 Å². The van der Waals surface area contributed by atoms with Crippen molar-refractivity contribution in [3.05, 3.63) is 67.6 Å². The van der Waals surface area contributed by atoms with Gasteiger partial charge in [0.2, 0.25) is 0 Å². The van der Waals surface area contributed by atoms with E-state index in [9.17, 15) is 9.59 Å². The maximum absolute atomic E-state index is 12.9. The Labute approximate surface area is 159 Å². The summed E-state index contributed by atoms with van der Waals surface area (Å²) in [5.74, 6) is -0.192. The summed E-state index contributed by atoms with van der Waals surface area (Å²) in [7, 11) is 0. The van der Waals surface area contributed by atoms with Crippen molar-refractivity contribution in [2.75, 3.05) is 6.61 Å². The number of fused-ring (bicyclic) bond motifs is 1. The zero-order valence-electron chi connectivity index (χ0n) is 16.5. The molecule has 1 unspecified atom stereocenters. The Morgan fingerprint density at radius 3 is 2.70 bits per heavy atom. The van der Waals surface area contributed by atoms with E-state index in [-0.39, 0.29) is 23.8 Å². The number of carbonyl (C=O) groups is 1. The predicted molar refractivity (Wildman–Crippen MR) is 108 cm³/mol. The first kappa shape index (κ1) is 20.8. The van der Waals surface area contributed by atoms with Gasteiger partial charge in [0.1, 0.15) is 6.61 Å². The molecule has 0 fully saturated rings. The third kappa shape index (κ3) is 5.47. The SMILES string of the molecule is CCc1[nH]c(=O)c2c(cc(C)cc(CCC(=O)CO)c1C)=NC(C)C=CC=2. The van der Waals surface area contributed by atoms with Crippen LogP contribution >= 0.6 is 0 Å². The van der Waals surface area contributed by atoms with Crippen molar-refractivity contribution in [1.29, 1.82) is 0 Å². The molecule has 0 spiro atoms. The Kier molecular flexibility index (Phi) is 7.25. The van der Waals surface area contributed by atoms with E-state index in [0.717, 1.165) is 22.4 Å². The van der Waals surface area contributed by atoms with E-state index >= 15 is 0 Å². The molecule has 2 heterocycles. The number of rotatable bonds is 5. The molecule has 27 heavy (non-hydrogen) atoms. The van der Waals surface area contributed by atoms with Crippen molar-refractivity contribution in [3.63, 3.8) is 0 Å². The van der Waals surface area contributed by atoms with Crippen LogP contribution in [0.3, 0.4) is 0 Å². The number of hydrogen-bond donors (Lipinski definition) is 2. The number of nitrogens with zero attached hydrogens (tertiary/aromatic N) is 1. The van der Waals surface area contributed by atoms with E-state index in [1.54, 1.807) is 6.08 Å². The number of H-pyrrole nitrogens is 1. The zero-order valence-corrected chi connectivity index (χ0v) is 16.5. The van der Waals surface area contributed by atoms with Crippen LogP contribution in [0.15, 0.2) is 34.1 Å². The number of Topliss-reactive ketones (excluding diaryl/α,β-unsaturated/α-hetero) is 1. The van der Waals surface area contributed by atoms with Gasteiger partial charge < -0.3 is 10.1 Å². The fourth-order valence-electron chi connectivity index (χ4n) is 3.14. The van der Waals surface area contributed by atoms with Crippen LogP contribution in [0.1, 0.15) is 42.7 Å². The van der Waals surface area contributed by atoms with E-state index in [0.29, 0.717) is 23.4 Å². The molecule has 1 atom stereocenters. The van der Waals surface area contributed by atoms with Gasteiger partial charge in [-0.3, -0.25) is 14.6 Å². The molecule has 2 N–H and O–H groups in total. The van der Waals surface area contributed by atoms with Gasteiger partial charge in [0.15, 0.2) is 5.78 Å². The topological polar surface area (TPSA) is 82.5 Å². The molecule has 0 bridgehead atoms. The van der Waals surface area contributed by atoms with Gasteiger partial charge in [0.05, 0.1) is 16.6 Å². The van der Waals surface area contributed by atoms with Crippen LogP contribution in [-0.4, -0.2) is 28.5 Å². The molecule has 0 amide bonds. The molecule has 2 rings (SSSR count). The van der Waals surface area contributed by atoms with Gasteiger partial charge in [-0.2, -0.15) is 0 Å². The van der Waals surface area contributed by atoms with Crippen molar-refractivity contribution in [2.24, 2.45) is 4.99 Å². The summed E-state index contributed by atoms with van der Waals surface area (Å²) >= 11 is 0. The number of aromatic nitrogens is 1. The van der Waals surface area contributed by atoms with Crippen LogP contribution in [0.5, 0.6) is 0 Å². The first-order valence-electron chi connectivity index (χ1n) is 9.35. The number of aliphatic hydroxyl groups excluding tert-OH is 1. The number of hydrogen-bond acceptors (Lipinski definition) is 4. The number of aromatic amines is 1. The second-order valence-electron chi connectivity index (χ2n) is 6.89. The van der Waals surface area contributed by atoms with Crippen molar-refractivity contribution in [2.45, 2.75) is 53.0 Å². The van der Waals surface area contributed by atoms with Crippen molar-refractivity contribution >= 4 is 11.9 Å². The molecule has 0 aliphatic carbocycles. The number of ketones is 1. The first-order valence-corrected chi connectivity index (χ1v) is 9.35. The number of aryl methyl sites for hydroxylation is 3. The largest absolute Gasteiger partial charge is 0.389 e. The lowest BCUT2D eigenvalue weighted by Gasteiger charge is -2.08. The number of allylic oxidation sites excluding steroid dienone is 1. The predicted octanol–water partition coefficient (Wildman–Crippen LogP) is 1.53. The Balaban J connectivity index is 2.87. The highest BCUT2D eigenvalue weighted by atomic mass is 16.3. The number of carbonyl (C=O) groups excluding carboxylic acids is 1. The first-order chi connectivity index (χ1) is 12.8. The molecule has 1 aliphatic heterocycles. The zero-order chi connectivity index (χ0) is 20.0. The third-order valence-electron chi connectivity index (χ3n) is 4.68. The van der Waals surface area contributed by atoms with Crippen LogP contribution in [0, 0.1) is 13.8 Å². The van der Waals surface area contributed by atoms with Crippen molar-refractivity contribution < 1.29 is 9.90 Å². The lowest BCUT2D eigenvalue weighted by molar-refractivity contribution is -0.121. The van der Waals surface area contributed by atoms with E-state index in [1.165, 1.54) is 0 Å². The average molecular weight is 368 g/mol. The summed E-state index contributed by atoms with van der Waals surface area (Å²) < 4.78 is 0. The van der Waals surface area contributed by atoms with Crippen LogP contribution < -0.4 is 16.1 Å². The third-order valence-corrected chi connectivity index (χ3v) is 4.68. The maximum atomic E-state index is 12.9. The molecular formula is C22H28N2O3. The van der Waals surface area contributed by atoms with Crippen molar-refractivity contribution in [1.82, 2.24) is 4.98 Å². The second kappa shape index (κ2) is 9.42. The molecule has 0 aromatic carbocycles. The number of nitrogens with one attached hydrogen (secondary N) is 1. The van der Waals surface area contributed by atoms with Gasteiger partial charge in [-0.25, -0.2) is 0 Å². The second-order valence-corrected chi connectivity index (χ2v) is 6.89. The molecule has 144 valence electrons. The minimum atomic E-state index is -0.446. The van der Waals surface area contributed by atoms with Gasteiger partial charge >= 0.3 is 0 Å². The van der Waals surface area contributed by atoms with E-state index < -0.39 is 6.61 Å². The summed E-state index contributed by atoms with van der Waals surface area (Å²) in [4.78, 5) is 32.2. The quantitative estimate of drug-likeness (QED) is 0.827.